The van der Waals surface area contributed by atoms with Crippen LogP contribution in [-0.4, -0.2) is 26.5 Å². The molecule has 3 aromatic rings. The first kappa shape index (κ1) is 19.8. The van der Waals surface area contributed by atoms with E-state index < -0.39 is 12.0 Å². The van der Waals surface area contributed by atoms with Crippen molar-refractivity contribution in [1.82, 2.24) is 25.4 Å². The van der Waals surface area contributed by atoms with Gasteiger partial charge in [-0.3, -0.25) is 15.2 Å². The number of pyridine rings is 1. The molecule has 0 radical (unpaired) electrons. The van der Waals surface area contributed by atoms with E-state index >= 15 is 0 Å². The predicted molar refractivity (Wildman–Crippen MR) is 108 cm³/mol. The SMILES string of the molecule is Cc1cn(-c2ccc(/C=C/C(=O)NNC(=O)OCc3ccccc3)nc2C)cn1. The fraction of sp³-hybridized carbons (Fsp3) is 0.143. The second-order valence-electron chi connectivity index (χ2n) is 6.27. The molecule has 0 aliphatic rings. The quantitative estimate of drug-likeness (QED) is 0.515. The number of aromatic nitrogens is 3. The molecule has 0 fully saturated rings. The van der Waals surface area contributed by atoms with E-state index in [0.29, 0.717) is 5.69 Å². The van der Waals surface area contributed by atoms with Crippen molar-refractivity contribution >= 4 is 18.1 Å². The second kappa shape index (κ2) is 9.32. The van der Waals surface area contributed by atoms with Crippen LogP contribution >= 0.6 is 0 Å². The molecule has 2 N–H and O–H groups in total. The van der Waals surface area contributed by atoms with Crippen LogP contribution in [0.2, 0.25) is 0 Å². The van der Waals surface area contributed by atoms with Gasteiger partial charge in [-0.1, -0.05) is 30.3 Å². The normalized spacial score (nSPS) is 10.7. The van der Waals surface area contributed by atoms with Crippen LogP contribution in [0, 0.1) is 13.8 Å². The van der Waals surface area contributed by atoms with Gasteiger partial charge in [0.05, 0.1) is 29.1 Å². The molecule has 0 bridgehead atoms. The molecule has 0 unspecified atom stereocenters. The number of benzene rings is 1. The van der Waals surface area contributed by atoms with E-state index in [2.05, 4.69) is 20.8 Å². The van der Waals surface area contributed by atoms with Gasteiger partial charge in [0, 0.05) is 12.3 Å². The highest BCUT2D eigenvalue weighted by Crippen LogP contribution is 2.14. The zero-order chi connectivity index (χ0) is 20.6. The molecule has 0 aliphatic carbocycles. The Morgan fingerprint density at radius 2 is 1.90 bits per heavy atom. The second-order valence-corrected chi connectivity index (χ2v) is 6.27. The third-order valence-electron chi connectivity index (χ3n) is 3.98. The van der Waals surface area contributed by atoms with E-state index in [1.54, 1.807) is 18.5 Å². The molecule has 0 saturated carbocycles. The maximum absolute atomic E-state index is 11.9. The molecule has 3 rings (SSSR count). The van der Waals surface area contributed by atoms with Crippen molar-refractivity contribution in [3.63, 3.8) is 0 Å². The van der Waals surface area contributed by atoms with Crippen molar-refractivity contribution < 1.29 is 14.3 Å². The average molecular weight is 391 g/mol. The maximum atomic E-state index is 11.9. The molecule has 8 nitrogen and oxygen atoms in total. The largest absolute Gasteiger partial charge is 0.443 e. The summed E-state index contributed by atoms with van der Waals surface area (Å²) < 4.78 is 6.90. The predicted octanol–water partition coefficient (Wildman–Crippen LogP) is 2.85. The number of hydrazine groups is 1. The lowest BCUT2D eigenvalue weighted by molar-refractivity contribution is -0.117. The lowest BCUT2D eigenvalue weighted by atomic mass is 10.2. The van der Waals surface area contributed by atoms with Gasteiger partial charge in [-0.25, -0.2) is 15.2 Å². The Kier molecular flexibility index (Phi) is 6.36. The van der Waals surface area contributed by atoms with Gasteiger partial charge in [-0.2, -0.15) is 0 Å². The fourth-order valence-corrected chi connectivity index (χ4v) is 2.57. The Bertz CT molecular complexity index is 1030. The summed E-state index contributed by atoms with van der Waals surface area (Å²) in [6, 6.07) is 12.9. The number of amides is 2. The van der Waals surface area contributed by atoms with E-state index in [0.717, 1.165) is 22.6 Å². The highest BCUT2D eigenvalue weighted by Gasteiger charge is 2.05. The van der Waals surface area contributed by atoms with E-state index in [4.69, 9.17) is 4.74 Å². The lowest BCUT2D eigenvalue weighted by Gasteiger charge is -2.07. The molecule has 0 atom stereocenters. The molecule has 0 spiro atoms. The minimum atomic E-state index is -0.746. The van der Waals surface area contributed by atoms with Crippen LogP contribution in [0.5, 0.6) is 0 Å². The third kappa shape index (κ3) is 5.77. The van der Waals surface area contributed by atoms with Crippen LogP contribution in [-0.2, 0) is 16.1 Å². The number of aryl methyl sites for hydroxylation is 2. The number of nitrogens with one attached hydrogen (secondary N) is 2. The summed E-state index contributed by atoms with van der Waals surface area (Å²) in [5.74, 6) is -0.504. The van der Waals surface area contributed by atoms with Gasteiger partial charge in [-0.15, -0.1) is 0 Å². The third-order valence-corrected chi connectivity index (χ3v) is 3.98. The molecule has 2 heterocycles. The molecule has 0 saturated heterocycles. The van der Waals surface area contributed by atoms with Crippen molar-refractivity contribution in [3.05, 3.63) is 83.7 Å². The minimum Gasteiger partial charge on any atom is -0.443 e. The number of carbonyl (C=O) groups excluding carboxylic acids is 2. The molecule has 148 valence electrons. The zero-order valence-electron chi connectivity index (χ0n) is 16.1. The highest BCUT2D eigenvalue weighted by molar-refractivity contribution is 5.92. The van der Waals surface area contributed by atoms with E-state index in [9.17, 15) is 9.59 Å². The molecule has 29 heavy (non-hydrogen) atoms. The van der Waals surface area contributed by atoms with Gasteiger partial charge in [0.15, 0.2) is 0 Å². The number of rotatable bonds is 5. The Morgan fingerprint density at radius 3 is 2.59 bits per heavy atom. The number of carbonyl (C=O) groups is 2. The Balaban J connectivity index is 1.48. The highest BCUT2D eigenvalue weighted by atomic mass is 16.6. The van der Waals surface area contributed by atoms with Gasteiger partial charge >= 0.3 is 6.09 Å². The van der Waals surface area contributed by atoms with Crippen LogP contribution in [0.25, 0.3) is 11.8 Å². The molecular formula is C21H21N5O3. The van der Waals surface area contributed by atoms with E-state index in [-0.39, 0.29) is 6.61 Å². The first-order valence-electron chi connectivity index (χ1n) is 8.94. The number of imidazole rings is 1. The molecular weight excluding hydrogens is 370 g/mol. The van der Waals surface area contributed by atoms with Gasteiger partial charge in [0.1, 0.15) is 6.61 Å². The Hall–Kier alpha value is -3.94. The summed E-state index contributed by atoms with van der Waals surface area (Å²) in [6.45, 7) is 3.91. The molecule has 2 amide bonds. The summed E-state index contributed by atoms with van der Waals surface area (Å²) in [5.41, 5.74) is 8.54. The lowest BCUT2D eigenvalue weighted by Crippen LogP contribution is -2.41. The number of hydrogen-bond donors (Lipinski definition) is 2. The summed E-state index contributed by atoms with van der Waals surface area (Å²) >= 11 is 0. The van der Waals surface area contributed by atoms with Crippen molar-refractivity contribution in [3.8, 4) is 5.69 Å². The Morgan fingerprint density at radius 1 is 1.10 bits per heavy atom. The molecule has 0 aliphatic heterocycles. The summed E-state index contributed by atoms with van der Waals surface area (Å²) in [7, 11) is 0. The minimum absolute atomic E-state index is 0.115. The van der Waals surface area contributed by atoms with Crippen molar-refractivity contribution in [2.45, 2.75) is 20.5 Å². The topological polar surface area (TPSA) is 98.1 Å². The van der Waals surface area contributed by atoms with Crippen molar-refractivity contribution in [2.24, 2.45) is 0 Å². The van der Waals surface area contributed by atoms with Crippen LogP contribution in [0.1, 0.15) is 22.6 Å². The number of nitrogens with zero attached hydrogens (tertiary/aromatic N) is 3. The first-order valence-corrected chi connectivity index (χ1v) is 8.94. The standard InChI is InChI=1S/C21H21N5O3/c1-15-12-26(14-22-15)19-10-8-18(23-16(19)2)9-11-20(27)24-25-21(28)29-13-17-6-4-3-5-7-17/h3-12,14H,13H2,1-2H3,(H,24,27)(H,25,28)/b11-9+. The number of ether oxygens (including phenoxy) is 1. The van der Waals surface area contributed by atoms with Gasteiger partial charge in [0.2, 0.25) is 0 Å². The van der Waals surface area contributed by atoms with Gasteiger partial charge < -0.3 is 9.30 Å². The molecule has 2 aromatic heterocycles. The van der Waals surface area contributed by atoms with Crippen LogP contribution in [0.4, 0.5) is 4.79 Å². The van der Waals surface area contributed by atoms with Crippen LogP contribution in [0.15, 0.2) is 61.1 Å². The van der Waals surface area contributed by atoms with Crippen LogP contribution in [0.3, 0.4) is 0 Å². The molecule has 8 heteroatoms. The summed E-state index contributed by atoms with van der Waals surface area (Å²) in [4.78, 5) is 32.2. The molecule has 1 aromatic carbocycles. The van der Waals surface area contributed by atoms with E-state index in [1.807, 2.05) is 61.0 Å². The Labute approximate surface area is 168 Å². The smallest absolute Gasteiger partial charge is 0.426 e. The monoisotopic (exact) mass is 391 g/mol. The summed E-state index contributed by atoms with van der Waals surface area (Å²) in [6.07, 6.45) is 5.73. The van der Waals surface area contributed by atoms with E-state index in [1.165, 1.54) is 6.08 Å². The first-order chi connectivity index (χ1) is 14.0. The van der Waals surface area contributed by atoms with Gasteiger partial charge in [-0.05, 0) is 37.6 Å². The number of hydrogen-bond acceptors (Lipinski definition) is 5. The maximum Gasteiger partial charge on any atom is 0.426 e. The van der Waals surface area contributed by atoms with Crippen LogP contribution < -0.4 is 10.9 Å². The summed E-state index contributed by atoms with van der Waals surface area (Å²) in [5, 5.41) is 0. The average Bonchev–Trinajstić information content (AvgIpc) is 3.16. The fourth-order valence-electron chi connectivity index (χ4n) is 2.57. The van der Waals surface area contributed by atoms with Gasteiger partial charge in [0.25, 0.3) is 5.91 Å². The van der Waals surface area contributed by atoms with Crippen molar-refractivity contribution in [2.75, 3.05) is 0 Å². The van der Waals surface area contributed by atoms with Crippen molar-refractivity contribution in [1.29, 1.82) is 0 Å². The zero-order valence-corrected chi connectivity index (χ0v) is 16.1.